The van der Waals surface area contributed by atoms with E-state index in [1.54, 1.807) is 37.3 Å². The molecule has 1 saturated heterocycles. The highest BCUT2D eigenvalue weighted by Crippen LogP contribution is 2.26. The Hall–Kier alpha value is -3.97. The lowest BCUT2D eigenvalue weighted by atomic mass is 10.0. The molecule has 38 heavy (non-hydrogen) atoms. The Morgan fingerprint density at radius 3 is 2.50 bits per heavy atom. The van der Waals surface area contributed by atoms with Crippen LogP contribution in [0, 0.1) is 12.7 Å². The van der Waals surface area contributed by atoms with Gasteiger partial charge in [0.05, 0.1) is 0 Å². The summed E-state index contributed by atoms with van der Waals surface area (Å²) in [5, 5.41) is 2.92. The van der Waals surface area contributed by atoms with Crippen molar-refractivity contribution >= 4 is 11.8 Å². The third-order valence-electron chi connectivity index (χ3n) is 6.85. The number of hydrogen-bond donors (Lipinski definition) is 1. The standard InChI is InChI=1S/C31H34FN3O3/c1-4-30(36)35-17-16-34(20-23(35)3)21-29(26-11-10-22(2)28(32)18-26)38-27-14-12-25(13-15-27)31(37)33-19-24-8-6-5-7-9-24/h4-15,18,23,29H,1,16-17,19-21H2,2-3H3,(H,33,37)/t23-,29?/m1/s1. The number of benzene rings is 3. The molecule has 1 fully saturated rings. The molecule has 1 N–H and O–H groups in total. The Kier molecular flexibility index (Phi) is 8.92. The lowest BCUT2D eigenvalue weighted by Crippen LogP contribution is -2.54. The lowest BCUT2D eigenvalue weighted by molar-refractivity contribution is -0.130. The first-order valence-corrected chi connectivity index (χ1v) is 12.8. The Labute approximate surface area is 223 Å². The second kappa shape index (κ2) is 12.5. The van der Waals surface area contributed by atoms with Gasteiger partial charge in [-0.15, -0.1) is 0 Å². The highest BCUT2D eigenvalue weighted by molar-refractivity contribution is 5.94. The number of hydrogen-bond acceptors (Lipinski definition) is 4. The van der Waals surface area contributed by atoms with E-state index in [1.807, 2.05) is 48.2 Å². The molecular formula is C31H34FN3O3. The number of ether oxygens (including phenoxy) is 1. The molecule has 7 heteroatoms. The molecule has 1 aliphatic heterocycles. The van der Waals surface area contributed by atoms with Gasteiger partial charge in [-0.2, -0.15) is 0 Å². The summed E-state index contributed by atoms with van der Waals surface area (Å²) < 4.78 is 20.8. The maximum absolute atomic E-state index is 14.5. The van der Waals surface area contributed by atoms with Gasteiger partial charge < -0.3 is 15.0 Å². The van der Waals surface area contributed by atoms with Crippen molar-refractivity contribution in [2.75, 3.05) is 26.2 Å². The van der Waals surface area contributed by atoms with Gasteiger partial charge in [-0.1, -0.05) is 49.0 Å². The van der Waals surface area contributed by atoms with E-state index < -0.39 is 6.10 Å². The Bertz CT molecular complexity index is 1260. The zero-order valence-electron chi connectivity index (χ0n) is 21.9. The number of carbonyl (C=O) groups is 2. The van der Waals surface area contributed by atoms with Crippen LogP contribution in [0.4, 0.5) is 4.39 Å². The summed E-state index contributed by atoms with van der Waals surface area (Å²) in [6.07, 6.45) is 0.912. The molecule has 3 aromatic carbocycles. The molecule has 1 aliphatic rings. The van der Waals surface area contributed by atoms with E-state index in [9.17, 15) is 14.0 Å². The quantitative estimate of drug-likeness (QED) is 0.412. The first-order chi connectivity index (χ1) is 18.3. The SMILES string of the molecule is C=CC(=O)N1CCN(CC(Oc2ccc(C(=O)NCc3ccccc3)cc2)c2ccc(C)c(F)c2)C[C@H]1C. The summed E-state index contributed by atoms with van der Waals surface area (Å²) in [5.41, 5.74) is 2.86. The third-order valence-corrected chi connectivity index (χ3v) is 6.85. The molecule has 1 heterocycles. The zero-order valence-corrected chi connectivity index (χ0v) is 21.9. The average molecular weight is 516 g/mol. The van der Waals surface area contributed by atoms with Crippen LogP contribution in [-0.2, 0) is 11.3 Å². The van der Waals surface area contributed by atoms with Crippen LogP contribution in [0.3, 0.4) is 0 Å². The summed E-state index contributed by atoms with van der Waals surface area (Å²) in [4.78, 5) is 28.8. The Morgan fingerprint density at radius 1 is 1.11 bits per heavy atom. The highest BCUT2D eigenvalue weighted by atomic mass is 19.1. The van der Waals surface area contributed by atoms with E-state index in [4.69, 9.17) is 4.74 Å². The van der Waals surface area contributed by atoms with Crippen LogP contribution in [0.15, 0.2) is 85.5 Å². The Balaban J connectivity index is 1.45. The molecular weight excluding hydrogens is 481 g/mol. The summed E-state index contributed by atoms with van der Waals surface area (Å²) in [7, 11) is 0. The van der Waals surface area contributed by atoms with E-state index in [0.29, 0.717) is 49.6 Å². The maximum Gasteiger partial charge on any atom is 0.251 e. The van der Waals surface area contributed by atoms with E-state index in [1.165, 1.54) is 12.1 Å². The number of halogens is 1. The summed E-state index contributed by atoms with van der Waals surface area (Å²) in [5.74, 6) is 0.0670. The molecule has 0 saturated carbocycles. The maximum atomic E-state index is 14.5. The van der Waals surface area contributed by atoms with Crippen LogP contribution in [0.2, 0.25) is 0 Å². The highest BCUT2D eigenvalue weighted by Gasteiger charge is 2.28. The average Bonchev–Trinajstić information content (AvgIpc) is 2.93. The summed E-state index contributed by atoms with van der Waals surface area (Å²) in [6.45, 7) is 10.3. The molecule has 3 aromatic rings. The first kappa shape index (κ1) is 27.1. The van der Waals surface area contributed by atoms with E-state index in [-0.39, 0.29) is 23.7 Å². The number of rotatable bonds is 9. The van der Waals surface area contributed by atoms with Crippen LogP contribution < -0.4 is 10.1 Å². The Morgan fingerprint density at radius 2 is 1.84 bits per heavy atom. The first-order valence-electron chi connectivity index (χ1n) is 12.8. The van der Waals surface area contributed by atoms with Crippen LogP contribution in [-0.4, -0.2) is 53.8 Å². The van der Waals surface area contributed by atoms with Gasteiger partial charge >= 0.3 is 0 Å². The van der Waals surface area contributed by atoms with Gasteiger partial charge in [-0.05, 0) is 66.9 Å². The minimum absolute atomic E-state index is 0.0262. The van der Waals surface area contributed by atoms with Crippen LogP contribution in [0.1, 0.15) is 40.1 Å². The van der Waals surface area contributed by atoms with Crippen molar-refractivity contribution in [3.63, 3.8) is 0 Å². The number of aryl methyl sites for hydroxylation is 1. The minimum atomic E-state index is -0.434. The number of amides is 2. The van der Waals surface area contributed by atoms with Gasteiger partial charge in [0.2, 0.25) is 5.91 Å². The molecule has 1 unspecified atom stereocenters. The predicted molar refractivity (Wildman–Crippen MR) is 146 cm³/mol. The second-order valence-electron chi connectivity index (χ2n) is 9.65. The molecule has 0 aliphatic carbocycles. The predicted octanol–water partition coefficient (Wildman–Crippen LogP) is 4.90. The molecule has 0 spiro atoms. The van der Waals surface area contributed by atoms with Crippen LogP contribution in [0.25, 0.3) is 0 Å². The van der Waals surface area contributed by atoms with Crippen molar-refractivity contribution in [1.29, 1.82) is 0 Å². The molecule has 0 bridgehead atoms. The van der Waals surface area contributed by atoms with Gasteiger partial charge in [0.25, 0.3) is 5.91 Å². The van der Waals surface area contributed by atoms with Crippen molar-refractivity contribution in [2.24, 2.45) is 0 Å². The smallest absolute Gasteiger partial charge is 0.251 e. The summed E-state index contributed by atoms with van der Waals surface area (Å²) >= 11 is 0. The van der Waals surface area contributed by atoms with Gasteiger partial charge in [0.15, 0.2) is 0 Å². The molecule has 2 atom stereocenters. The molecule has 4 rings (SSSR count). The summed E-state index contributed by atoms with van der Waals surface area (Å²) in [6, 6.07) is 21.9. The fourth-order valence-electron chi connectivity index (χ4n) is 4.63. The fourth-order valence-corrected chi connectivity index (χ4v) is 4.63. The van der Waals surface area contributed by atoms with Crippen LogP contribution in [0.5, 0.6) is 5.75 Å². The van der Waals surface area contributed by atoms with Crippen molar-refractivity contribution in [1.82, 2.24) is 15.1 Å². The largest absolute Gasteiger partial charge is 0.484 e. The van der Waals surface area contributed by atoms with Gasteiger partial charge in [-0.25, -0.2) is 4.39 Å². The van der Waals surface area contributed by atoms with Crippen molar-refractivity contribution < 1.29 is 18.7 Å². The third kappa shape index (κ3) is 6.86. The minimum Gasteiger partial charge on any atom is -0.484 e. The molecule has 2 amide bonds. The number of nitrogens with zero attached hydrogens (tertiary/aromatic N) is 2. The number of carbonyl (C=O) groups excluding carboxylic acids is 2. The molecule has 0 aromatic heterocycles. The number of piperazine rings is 1. The van der Waals surface area contributed by atoms with E-state index in [0.717, 1.165) is 11.1 Å². The van der Waals surface area contributed by atoms with Crippen molar-refractivity contribution in [3.8, 4) is 5.75 Å². The van der Waals surface area contributed by atoms with Crippen molar-refractivity contribution in [2.45, 2.75) is 32.5 Å². The van der Waals surface area contributed by atoms with Crippen molar-refractivity contribution in [3.05, 3.63) is 114 Å². The van der Waals surface area contributed by atoms with Crippen LogP contribution >= 0.6 is 0 Å². The zero-order chi connectivity index (χ0) is 27.1. The normalized spacial score (nSPS) is 16.5. The number of nitrogens with one attached hydrogen (secondary N) is 1. The van der Waals surface area contributed by atoms with E-state index in [2.05, 4.69) is 16.8 Å². The van der Waals surface area contributed by atoms with E-state index >= 15 is 0 Å². The molecule has 0 radical (unpaired) electrons. The second-order valence-corrected chi connectivity index (χ2v) is 9.65. The fraction of sp³-hybridized carbons (Fsp3) is 0.290. The molecule has 198 valence electrons. The molecule has 6 nitrogen and oxygen atoms in total. The van der Waals surface area contributed by atoms with Gasteiger partial charge in [0, 0.05) is 44.3 Å². The van der Waals surface area contributed by atoms with Gasteiger partial charge in [0.1, 0.15) is 17.7 Å². The topological polar surface area (TPSA) is 61.9 Å². The van der Waals surface area contributed by atoms with Gasteiger partial charge in [-0.3, -0.25) is 14.5 Å². The lowest BCUT2D eigenvalue weighted by Gasteiger charge is -2.40. The monoisotopic (exact) mass is 515 g/mol.